The highest BCUT2D eigenvalue weighted by atomic mass is 16.6. The largest absolute Gasteiger partial charge is 0.462 e. The number of rotatable bonds is 5. The van der Waals surface area contributed by atoms with Crippen LogP contribution in [0.25, 0.3) is 0 Å². The van der Waals surface area contributed by atoms with Gasteiger partial charge in [0.1, 0.15) is 23.9 Å². The fourth-order valence-corrected chi connectivity index (χ4v) is 8.26. The van der Waals surface area contributed by atoms with Crippen LogP contribution in [-0.4, -0.2) is 72.6 Å². The Labute approximate surface area is 240 Å². The normalized spacial score (nSPS) is 38.9. The number of hydrogen-bond acceptors (Lipinski definition) is 11. The first kappa shape index (κ1) is 31.0. The minimum atomic E-state index is -1.32. The number of carbonyl (C=O) groups is 5. The highest BCUT2D eigenvalue weighted by Crippen LogP contribution is 2.65. The van der Waals surface area contributed by atoms with E-state index in [1.54, 1.807) is 6.92 Å². The van der Waals surface area contributed by atoms with E-state index in [0.717, 1.165) is 11.1 Å². The highest BCUT2D eigenvalue weighted by Gasteiger charge is 2.77. The van der Waals surface area contributed by atoms with Crippen molar-refractivity contribution in [3.8, 4) is 0 Å². The third-order valence-electron chi connectivity index (χ3n) is 9.65. The first-order valence-corrected chi connectivity index (χ1v) is 14.2. The second kappa shape index (κ2) is 10.7. The average Bonchev–Trinajstić information content (AvgIpc) is 3.59. The summed E-state index contributed by atoms with van der Waals surface area (Å²) in [6.45, 7) is 14.4. The Morgan fingerprint density at radius 3 is 1.76 bits per heavy atom. The zero-order chi connectivity index (χ0) is 30.7. The van der Waals surface area contributed by atoms with Crippen LogP contribution in [0.5, 0.6) is 0 Å². The van der Waals surface area contributed by atoms with Crippen molar-refractivity contribution in [3.05, 3.63) is 11.1 Å². The molecule has 0 radical (unpaired) electrons. The molecule has 1 heterocycles. The molecule has 11 heteroatoms. The predicted octanol–water partition coefficient (Wildman–Crippen LogP) is 3.21. The molecule has 2 saturated carbocycles. The molecule has 0 amide bonds. The Morgan fingerprint density at radius 2 is 1.27 bits per heavy atom. The standard InChI is InChI=1S/C30H42O11/c1-14-10-11-20-24(39-17(4)33)26-29(9,21(37-15(2)31)12-22(38-16(3)32)30(26)13-36-30)27(41-19(6)35)25(40-18(5)34)23(14)28(20,7)8/h20-22,24-27H,10-13H2,1-9H3/t20-,21?,22?,24?,25?,26-,27?,29+,30-/m0/s1. The monoisotopic (exact) mass is 578 g/mol. The van der Waals surface area contributed by atoms with Gasteiger partial charge in [0.15, 0.2) is 12.2 Å². The van der Waals surface area contributed by atoms with Gasteiger partial charge in [0.25, 0.3) is 0 Å². The lowest BCUT2D eigenvalue weighted by atomic mass is 9.47. The molecule has 1 spiro atoms. The maximum atomic E-state index is 12.8. The zero-order valence-electron chi connectivity index (χ0n) is 25.4. The van der Waals surface area contributed by atoms with E-state index >= 15 is 0 Å². The van der Waals surface area contributed by atoms with Gasteiger partial charge in [-0.1, -0.05) is 26.3 Å². The molecule has 9 atom stereocenters. The second-order valence-corrected chi connectivity index (χ2v) is 12.7. The first-order chi connectivity index (χ1) is 19.0. The molecule has 0 aromatic heterocycles. The van der Waals surface area contributed by atoms with E-state index in [4.69, 9.17) is 28.4 Å². The Morgan fingerprint density at radius 1 is 0.756 bits per heavy atom. The molecule has 2 bridgehead atoms. The Bertz CT molecular complexity index is 1160. The molecule has 0 N–H and O–H groups in total. The lowest BCUT2D eigenvalue weighted by molar-refractivity contribution is -0.257. The van der Waals surface area contributed by atoms with Crippen LogP contribution in [0.1, 0.15) is 81.6 Å². The third kappa shape index (κ3) is 5.26. The molecular formula is C30H42O11. The van der Waals surface area contributed by atoms with Crippen molar-refractivity contribution in [3.63, 3.8) is 0 Å². The molecule has 3 fully saturated rings. The summed E-state index contributed by atoms with van der Waals surface area (Å²) in [5, 5.41) is 0. The predicted molar refractivity (Wildman–Crippen MR) is 142 cm³/mol. The van der Waals surface area contributed by atoms with Crippen LogP contribution in [0.15, 0.2) is 11.1 Å². The van der Waals surface area contributed by atoms with Crippen LogP contribution >= 0.6 is 0 Å². The smallest absolute Gasteiger partial charge is 0.303 e. The number of ether oxygens (including phenoxy) is 6. The molecule has 5 unspecified atom stereocenters. The van der Waals surface area contributed by atoms with Gasteiger partial charge < -0.3 is 28.4 Å². The quantitative estimate of drug-likeness (QED) is 0.205. The molecule has 1 saturated heterocycles. The van der Waals surface area contributed by atoms with Gasteiger partial charge in [0.2, 0.25) is 0 Å². The summed E-state index contributed by atoms with van der Waals surface area (Å²) < 4.78 is 36.2. The van der Waals surface area contributed by atoms with Gasteiger partial charge in [-0.05, 0) is 30.8 Å². The third-order valence-corrected chi connectivity index (χ3v) is 9.65. The molecule has 0 aromatic rings. The van der Waals surface area contributed by atoms with Gasteiger partial charge in [-0.3, -0.25) is 24.0 Å². The summed E-state index contributed by atoms with van der Waals surface area (Å²) in [6, 6.07) is 0. The summed E-state index contributed by atoms with van der Waals surface area (Å²) in [6.07, 6.45) is -3.53. The number of allylic oxidation sites excluding steroid dienone is 1. The lowest BCUT2D eigenvalue weighted by Crippen LogP contribution is -2.72. The van der Waals surface area contributed by atoms with Crippen molar-refractivity contribution in [2.45, 2.75) is 118 Å². The van der Waals surface area contributed by atoms with Gasteiger partial charge in [0.05, 0.1) is 12.0 Å². The number of esters is 5. The second-order valence-electron chi connectivity index (χ2n) is 12.7. The van der Waals surface area contributed by atoms with Gasteiger partial charge >= 0.3 is 29.8 Å². The van der Waals surface area contributed by atoms with Crippen molar-refractivity contribution in [1.29, 1.82) is 0 Å². The summed E-state index contributed by atoms with van der Waals surface area (Å²) in [7, 11) is 0. The van der Waals surface area contributed by atoms with Crippen molar-refractivity contribution in [2.24, 2.45) is 22.7 Å². The van der Waals surface area contributed by atoms with Crippen LogP contribution in [0.4, 0.5) is 0 Å². The number of carbonyl (C=O) groups excluding carboxylic acids is 5. The highest BCUT2D eigenvalue weighted by molar-refractivity contribution is 5.69. The van der Waals surface area contributed by atoms with Crippen LogP contribution in [0.3, 0.4) is 0 Å². The van der Waals surface area contributed by atoms with E-state index in [0.29, 0.717) is 12.8 Å². The van der Waals surface area contributed by atoms with Gasteiger partial charge in [-0.15, -0.1) is 0 Å². The molecule has 11 nitrogen and oxygen atoms in total. The number of epoxide rings is 1. The summed E-state index contributed by atoms with van der Waals surface area (Å²) in [5.74, 6) is -3.94. The molecule has 3 aliphatic carbocycles. The van der Waals surface area contributed by atoms with E-state index < -0.39 is 82.7 Å². The maximum absolute atomic E-state index is 12.8. The molecule has 41 heavy (non-hydrogen) atoms. The van der Waals surface area contributed by atoms with E-state index in [2.05, 4.69) is 0 Å². The molecule has 228 valence electrons. The van der Waals surface area contributed by atoms with Gasteiger partial charge in [-0.25, -0.2) is 0 Å². The van der Waals surface area contributed by atoms with Crippen LogP contribution in [0, 0.1) is 22.7 Å². The Hall–Kier alpha value is -2.95. The van der Waals surface area contributed by atoms with Crippen LogP contribution in [0.2, 0.25) is 0 Å². The van der Waals surface area contributed by atoms with Gasteiger partial charge in [0, 0.05) is 52.9 Å². The van der Waals surface area contributed by atoms with Crippen LogP contribution in [-0.2, 0) is 52.4 Å². The van der Waals surface area contributed by atoms with E-state index in [-0.39, 0.29) is 18.9 Å². The lowest BCUT2D eigenvalue weighted by Gasteiger charge is -2.62. The Kier molecular flexibility index (Phi) is 8.10. The molecule has 4 aliphatic rings. The zero-order valence-corrected chi connectivity index (χ0v) is 25.4. The number of hydrogen-bond donors (Lipinski definition) is 0. The Balaban J connectivity index is 2.10. The molecular weight excluding hydrogens is 536 g/mol. The van der Waals surface area contributed by atoms with E-state index in [1.165, 1.54) is 34.6 Å². The van der Waals surface area contributed by atoms with Crippen molar-refractivity contribution in [2.75, 3.05) is 6.61 Å². The molecule has 1 aliphatic heterocycles. The number of fused-ring (bicyclic) bond motifs is 4. The summed E-state index contributed by atoms with van der Waals surface area (Å²) >= 11 is 0. The van der Waals surface area contributed by atoms with E-state index in [9.17, 15) is 24.0 Å². The van der Waals surface area contributed by atoms with Crippen molar-refractivity contribution >= 4 is 29.8 Å². The minimum absolute atomic E-state index is 0.0373. The topological polar surface area (TPSA) is 144 Å². The SMILES string of the molecule is CC(=O)OC1C2=C(C)CC[C@@H](C(OC(C)=O)[C@H]3[C@@](C)(C(OC(C)=O)CC(OC(C)=O)[C@@]34CO4)C1OC(C)=O)C2(C)C. The molecule has 4 rings (SSSR count). The van der Waals surface area contributed by atoms with E-state index in [1.807, 2.05) is 20.8 Å². The average molecular weight is 579 g/mol. The molecule has 0 aromatic carbocycles. The first-order valence-electron chi connectivity index (χ1n) is 14.2. The fraction of sp³-hybridized carbons (Fsp3) is 0.767. The maximum Gasteiger partial charge on any atom is 0.303 e. The van der Waals surface area contributed by atoms with Crippen molar-refractivity contribution < 1.29 is 52.4 Å². The minimum Gasteiger partial charge on any atom is -0.462 e. The van der Waals surface area contributed by atoms with Crippen molar-refractivity contribution in [1.82, 2.24) is 0 Å². The van der Waals surface area contributed by atoms with Crippen LogP contribution < -0.4 is 0 Å². The van der Waals surface area contributed by atoms with Gasteiger partial charge in [-0.2, -0.15) is 0 Å². The summed E-state index contributed by atoms with van der Waals surface area (Å²) in [5.41, 5.74) is -1.37. The summed E-state index contributed by atoms with van der Waals surface area (Å²) in [4.78, 5) is 63.0. The fourth-order valence-electron chi connectivity index (χ4n) is 8.26.